The molecule has 26 heavy (non-hydrogen) atoms. The number of carbonyl (C=O) groups is 3. The van der Waals surface area contributed by atoms with E-state index >= 15 is 0 Å². The van der Waals surface area contributed by atoms with Gasteiger partial charge in [-0.2, -0.15) is 0 Å². The summed E-state index contributed by atoms with van der Waals surface area (Å²) in [5.74, 6) is -2.48. The molecule has 7 heteroatoms. The van der Waals surface area contributed by atoms with E-state index < -0.39 is 35.3 Å². The minimum atomic E-state index is -1.33. The van der Waals surface area contributed by atoms with Gasteiger partial charge in [0.25, 0.3) is 0 Å². The molecule has 2 amide bonds. The Balaban J connectivity index is 1.83. The third-order valence-electron chi connectivity index (χ3n) is 5.26. The molecule has 0 radical (unpaired) electrons. The number of anilines is 1. The van der Waals surface area contributed by atoms with Crippen LogP contribution in [0.4, 0.5) is 5.69 Å². The highest BCUT2D eigenvalue weighted by molar-refractivity contribution is 6.24. The number of amides is 2. The fraction of sp³-hybridized carbons (Fsp3) is 0.316. The first-order valence-electron chi connectivity index (χ1n) is 8.31. The van der Waals surface area contributed by atoms with E-state index in [1.165, 1.54) is 13.4 Å². The minimum Gasteiger partial charge on any atom is -0.468 e. The minimum absolute atomic E-state index is 0.354. The van der Waals surface area contributed by atoms with E-state index in [1.807, 2.05) is 0 Å². The molecule has 3 heterocycles. The Labute approximate surface area is 149 Å². The molecule has 0 unspecified atom stereocenters. The molecule has 1 N–H and O–H groups in total. The van der Waals surface area contributed by atoms with Crippen molar-refractivity contribution in [3.8, 4) is 0 Å². The van der Waals surface area contributed by atoms with Crippen LogP contribution < -0.4 is 10.2 Å². The summed E-state index contributed by atoms with van der Waals surface area (Å²) in [6.45, 7) is 1.60. The largest absolute Gasteiger partial charge is 0.468 e. The number of ether oxygens (including phenoxy) is 1. The van der Waals surface area contributed by atoms with Gasteiger partial charge in [-0.1, -0.05) is 18.2 Å². The Kier molecular flexibility index (Phi) is 3.69. The SMILES string of the molecule is COC(=O)[C@]1(C)N[C@H](c2ccco2)[C@H]2C(=O)N(c3ccccc3)C(=O)[C@@H]21. The van der Waals surface area contributed by atoms with Crippen molar-refractivity contribution in [2.24, 2.45) is 11.8 Å². The molecule has 2 aromatic rings. The highest BCUT2D eigenvalue weighted by Crippen LogP contribution is 2.49. The van der Waals surface area contributed by atoms with Crippen molar-refractivity contribution >= 4 is 23.5 Å². The lowest BCUT2D eigenvalue weighted by molar-refractivity contribution is -0.151. The molecule has 1 aromatic carbocycles. The lowest BCUT2D eigenvalue weighted by Gasteiger charge is -2.28. The summed E-state index contributed by atoms with van der Waals surface area (Å²) < 4.78 is 10.4. The summed E-state index contributed by atoms with van der Waals surface area (Å²) in [6.07, 6.45) is 1.50. The van der Waals surface area contributed by atoms with E-state index in [9.17, 15) is 14.4 Å². The molecule has 7 nitrogen and oxygen atoms in total. The Morgan fingerprint density at radius 2 is 1.88 bits per heavy atom. The van der Waals surface area contributed by atoms with Crippen molar-refractivity contribution < 1.29 is 23.5 Å². The summed E-state index contributed by atoms with van der Waals surface area (Å²) in [5.41, 5.74) is -0.838. The predicted octanol–water partition coefficient (Wildman–Crippen LogP) is 1.66. The number of esters is 1. The lowest BCUT2D eigenvalue weighted by Crippen LogP contribution is -2.54. The first-order valence-corrected chi connectivity index (χ1v) is 8.31. The van der Waals surface area contributed by atoms with E-state index in [1.54, 1.807) is 49.4 Å². The standard InChI is InChI=1S/C19H18N2O5/c1-19(18(24)25-2)14-13(15(20-19)12-9-6-10-26-12)16(22)21(17(14)23)11-7-4-3-5-8-11/h3-10,13-15,20H,1-2H3/t13-,14+,15+,19+/m0/s1. The van der Waals surface area contributed by atoms with Gasteiger partial charge in [0.1, 0.15) is 11.3 Å². The van der Waals surface area contributed by atoms with Crippen molar-refractivity contribution in [1.82, 2.24) is 5.32 Å². The zero-order chi connectivity index (χ0) is 18.5. The zero-order valence-corrected chi connectivity index (χ0v) is 14.3. The average Bonchev–Trinajstić information content (AvgIpc) is 3.33. The number of imide groups is 1. The van der Waals surface area contributed by atoms with Crippen molar-refractivity contribution in [3.63, 3.8) is 0 Å². The molecule has 2 aliphatic heterocycles. The molecule has 134 valence electrons. The fourth-order valence-electron chi connectivity index (χ4n) is 4.08. The van der Waals surface area contributed by atoms with Crippen LogP contribution in [0.2, 0.25) is 0 Å². The molecule has 0 spiro atoms. The monoisotopic (exact) mass is 354 g/mol. The topological polar surface area (TPSA) is 88.8 Å². The van der Waals surface area contributed by atoms with Gasteiger partial charge in [0.2, 0.25) is 11.8 Å². The maximum absolute atomic E-state index is 13.2. The molecule has 0 bridgehead atoms. The predicted molar refractivity (Wildman–Crippen MR) is 90.9 cm³/mol. The third kappa shape index (κ3) is 2.13. The van der Waals surface area contributed by atoms with E-state index in [0.29, 0.717) is 11.4 Å². The Bertz CT molecular complexity index is 863. The first kappa shape index (κ1) is 16.5. The highest BCUT2D eigenvalue weighted by atomic mass is 16.5. The molecule has 0 aliphatic carbocycles. The summed E-state index contributed by atoms with van der Waals surface area (Å²) in [4.78, 5) is 40.0. The molecule has 2 aliphatic rings. The van der Waals surface area contributed by atoms with E-state index in [-0.39, 0.29) is 5.91 Å². The van der Waals surface area contributed by atoms with Crippen LogP contribution in [-0.4, -0.2) is 30.4 Å². The number of furan rings is 1. The number of carbonyl (C=O) groups excluding carboxylic acids is 3. The molecular formula is C19H18N2O5. The molecule has 2 fully saturated rings. The van der Waals surface area contributed by atoms with Crippen molar-refractivity contribution in [1.29, 1.82) is 0 Å². The van der Waals surface area contributed by atoms with Crippen LogP contribution in [0.1, 0.15) is 18.7 Å². The maximum atomic E-state index is 13.2. The van der Waals surface area contributed by atoms with Gasteiger partial charge in [0, 0.05) is 0 Å². The van der Waals surface area contributed by atoms with Crippen LogP contribution in [0.3, 0.4) is 0 Å². The number of para-hydroxylation sites is 1. The van der Waals surface area contributed by atoms with Gasteiger partial charge in [-0.05, 0) is 31.2 Å². The summed E-state index contributed by atoms with van der Waals surface area (Å²) in [7, 11) is 1.26. The number of methoxy groups -OCH3 is 1. The van der Waals surface area contributed by atoms with Crippen molar-refractivity contribution in [2.75, 3.05) is 12.0 Å². The summed E-state index contributed by atoms with van der Waals surface area (Å²) in [6, 6.07) is 11.5. The third-order valence-corrected chi connectivity index (χ3v) is 5.26. The summed E-state index contributed by atoms with van der Waals surface area (Å²) in [5, 5.41) is 3.12. The number of hydrogen-bond acceptors (Lipinski definition) is 6. The smallest absolute Gasteiger partial charge is 0.326 e. The van der Waals surface area contributed by atoms with E-state index in [4.69, 9.17) is 9.15 Å². The lowest BCUT2D eigenvalue weighted by atomic mass is 9.81. The molecule has 4 atom stereocenters. The second-order valence-corrected chi connectivity index (χ2v) is 6.68. The van der Waals surface area contributed by atoms with Gasteiger partial charge < -0.3 is 9.15 Å². The molecular weight excluding hydrogens is 336 g/mol. The number of hydrogen-bond donors (Lipinski definition) is 1. The van der Waals surface area contributed by atoms with Crippen LogP contribution in [0.5, 0.6) is 0 Å². The van der Waals surface area contributed by atoms with Gasteiger partial charge in [-0.25, -0.2) is 4.90 Å². The second kappa shape index (κ2) is 5.81. The van der Waals surface area contributed by atoms with Crippen LogP contribution in [0.25, 0.3) is 0 Å². The van der Waals surface area contributed by atoms with E-state index in [0.717, 1.165) is 4.90 Å². The Morgan fingerprint density at radius 3 is 2.50 bits per heavy atom. The van der Waals surface area contributed by atoms with Crippen LogP contribution in [0, 0.1) is 11.8 Å². The van der Waals surface area contributed by atoms with Crippen LogP contribution in [0.15, 0.2) is 53.1 Å². The number of fused-ring (bicyclic) bond motifs is 1. The number of benzene rings is 1. The maximum Gasteiger partial charge on any atom is 0.326 e. The van der Waals surface area contributed by atoms with Gasteiger partial charge >= 0.3 is 5.97 Å². The van der Waals surface area contributed by atoms with Crippen molar-refractivity contribution in [3.05, 3.63) is 54.5 Å². The second-order valence-electron chi connectivity index (χ2n) is 6.68. The molecule has 2 saturated heterocycles. The van der Waals surface area contributed by atoms with Gasteiger partial charge in [0.05, 0.1) is 36.9 Å². The number of nitrogens with zero attached hydrogens (tertiary/aromatic N) is 1. The Morgan fingerprint density at radius 1 is 1.15 bits per heavy atom. The van der Waals surface area contributed by atoms with Gasteiger partial charge in [0.15, 0.2) is 0 Å². The Hall–Kier alpha value is -2.93. The first-order chi connectivity index (χ1) is 12.5. The average molecular weight is 354 g/mol. The van der Waals surface area contributed by atoms with Crippen molar-refractivity contribution in [2.45, 2.75) is 18.5 Å². The number of rotatable bonds is 3. The molecule has 1 aromatic heterocycles. The zero-order valence-electron chi connectivity index (χ0n) is 14.3. The summed E-state index contributed by atoms with van der Waals surface area (Å²) >= 11 is 0. The quantitative estimate of drug-likeness (QED) is 0.666. The number of nitrogens with one attached hydrogen (secondary N) is 1. The molecule has 0 saturated carbocycles. The molecule has 4 rings (SSSR count). The normalized spacial score (nSPS) is 30.5. The van der Waals surface area contributed by atoms with E-state index in [2.05, 4.69) is 5.32 Å². The van der Waals surface area contributed by atoms with Crippen LogP contribution >= 0.6 is 0 Å². The highest BCUT2D eigenvalue weighted by Gasteiger charge is 2.67. The van der Waals surface area contributed by atoms with Gasteiger partial charge in [-0.15, -0.1) is 0 Å². The van der Waals surface area contributed by atoms with Gasteiger partial charge in [-0.3, -0.25) is 19.7 Å². The fourth-order valence-corrected chi connectivity index (χ4v) is 4.08. The van der Waals surface area contributed by atoms with Crippen LogP contribution in [-0.2, 0) is 19.1 Å².